The molecule has 0 saturated carbocycles. The fourth-order valence-corrected chi connectivity index (χ4v) is 0.510. The predicted octanol–water partition coefficient (Wildman–Crippen LogP) is 1.53. The van der Waals surface area contributed by atoms with Gasteiger partial charge in [0.2, 0.25) is 0 Å². The minimum Gasteiger partial charge on any atom is -0.501 e. The topological polar surface area (TPSA) is 0 Å². The van der Waals surface area contributed by atoms with Crippen LogP contribution in [0.3, 0.4) is 0 Å². The first-order valence-electron chi connectivity index (χ1n) is 2.05. The van der Waals surface area contributed by atoms with Crippen LogP contribution in [0, 0.1) is 6.08 Å². The second-order valence-corrected chi connectivity index (χ2v) is 1.30. The Balaban J connectivity index is 0.000000250. The zero-order valence-electron chi connectivity index (χ0n) is 3.70. The van der Waals surface area contributed by atoms with Crippen molar-refractivity contribution in [3.63, 3.8) is 0 Å². The van der Waals surface area contributed by atoms with Crippen molar-refractivity contribution in [2.45, 2.75) is 19.3 Å². The van der Waals surface area contributed by atoms with Gasteiger partial charge < -0.3 is 6.08 Å². The maximum atomic E-state index is 3.10. The molecule has 0 nitrogen and oxygen atoms in total. The van der Waals surface area contributed by atoms with Crippen molar-refractivity contribution < 1.29 is 21.7 Å². The summed E-state index contributed by atoms with van der Waals surface area (Å²) in [5.74, 6) is 0. The van der Waals surface area contributed by atoms with Crippen LogP contribution in [0.1, 0.15) is 19.3 Å². The van der Waals surface area contributed by atoms with Crippen LogP contribution in [0.4, 0.5) is 0 Å². The molecule has 32 valence electrons. The molecule has 0 aromatic rings. The third kappa shape index (κ3) is 1.79. The van der Waals surface area contributed by atoms with Gasteiger partial charge in [-0.05, 0) is 0 Å². The molecule has 0 aromatic heterocycles. The minimum atomic E-state index is 0. The summed E-state index contributed by atoms with van der Waals surface area (Å²) >= 11 is 0. The molecule has 0 aromatic carbocycles. The van der Waals surface area contributed by atoms with Gasteiger partial charge in [0.05, 0.1) is 0 Å². The van der Waals surface area contributed by atoms with E-state index in [4.69, 9.17) is 0 Å². The molecule has 0 radical (unpaired) electrons. The van der Waals surface area contributed by atoms with Gasteiger partial charge in [0.25, 0.3) is 0 Å². The Labute approximate surface area is 53.5 Å². The summed E-state index contributed by atoms with van der Waals surface area (Å²) in [6.07, 6.45) is 9.00. The third-order valence-electron chi connectivity index (χ3n) is 0.814. The van der Waals surface area contributed by atoms with Crippen molar-refractivity contribution in [2.75, 3.05) is 0 Å². The zero-order chi connectivity index (χ0) is 3.54. The summed E-state index contributed by atoms with van der Waals surface area (Å²) in [5, 5.41) is 0. The third-order valence-corrected chi connectivity index (χ3v) is 0.814. The molecule has 0 fully saturated rings. The van der Waals surface area contributed by atoms with E-state index >= 15 is 0 Å². The van der Waals surface area contributed by atoms with Gasteiger partial charge in [0.15, 0.2) is 0 Å². The van der Waals surface area contributed by atoms with E-state index in [-0.39, 0.29) is 21.7 Å². The second kappa shape index (κ2) is 3.64. The molecule has 1 aliphatic rings. The Morgan fingerprint density at radius 2 is 2.33 bits per heavy atom. The summed E-state index contributed by atoms with van der Waals surface area (Å²) in [6, 6.07) is 0. The number of rotatable bonds is 0. The first kappa shape index (κ1) is 6.45. The maximum absolute atomic E-state index is 3.10. The van der Waals surface area contributed by atoms with Gasteiger partial charge in [-0.15, -0.1) is 0 Å². The molecular weight excluding hydrogens is 108 g/mol. The van der Waals surface area contributed by atoms with E-state index in [0.717, 1.165) is 0 Å². The SMILES string of the molecule is [C-]1=CCCC1.[Ti]. The molecule has 0 N–H and O–H groups in total. The average Bonchev–Trinajstić information content (AvgIpc) is 1.76. The summed E-state index contributed by atoms with van der Waals surface area (Å²) in [6.45, 7) is 0. The van der Waals surface area contributed by atoms with E-state index in [9.17, 15) is 0 Å². The first-order valence-corrected chi connectivity index (χ1v) is 2.05. The van der Waals surface area contributed by atoms with Crippen molar-refractivity contribution in [1.29, 1.82) is 0 Å². The molecule has 1 aliphatic carbocycles. The fourth-order valence-electron chi connectivity index (χ4n) is 0.510. The van der Waals surface area contributed by atoms with E-state index in [0.29, 0.717) is 0 Å². The van der Waals surface area contributed by atoms with Crippen LogP contribution < -0.4 is 0 Å². The average molecular weight is 115 g/mol. The second-order valence-electron chi connectivity index (χ2n) is 1.30. The molecule has 0 atom stereocenters. The van der Waals surface area contributed by atoms with Crippen LogP contribution in [0.2, 0.25) is 0 Å². The molecule has 0 unspecified atom stereocenters. The summed E-state index contributed by atoms with van der Waals surface area (Å²) < 4.78 is 0. The van der Waals surface area contributed by atoms with Crippen molar-refractivity contribution in [2.24, 2.45) is 0 Å². The zero-order valence-corrected chi connectivity index (χ0v) is 5.26. The van der Waals surface area contributed by atoms with Crippen LogP contribution in [-0.4, -0.2) is 0 Å². The van der Waals surface area contributed by atoms with Crippen molar-refractivity contribution in [1.82, 2.24) is 0 Å². The summed E-state index contributed by atoms with van der Waals surface area (Å²) in [7, 11) is 0. The molecule has 0 spiro atoms. The molecule has 1 heteroatoms. The molecule has 6 heavy (non-hydrogen) atoms. The van der Waals surface area contributed by atoms with Gasteiger partial charge in [-0.2, -0.15) is 6.42 Å². The fraction of sp³-hybridized carbons (Fsp3) is 0.600. The van der Waals surface area contributed by atoms with E-state index in [1.165, 1.54) is 19.3 Å². The Kier molecular flexibility index (Phi) is 3.91. The first-order chi connectivity index (χ1) is 2.50. The predicted molar refractivity (Wildman–Crippen MR) is 21.7 cm³/mol. The van der Waals surface area contributed by atoms with Gasteiger partial charge in [0, 0.05) is 21.7 Å². The van der Waals surface area contributed by atoms with Crippen molar-refractivity contribution >= 4 is 0 Å². The van der Waals surface area contributed by atoms with E-state index in [2.05, 4.69) is 12.2 Å². The summed E-state index contributed by atoms with van der Waals surface area (Å²) in [4.78, 5) is 0. The smallest absolute Gasteiger partial charge is 0 e. The van der Waals surface area contributed by atoms with Crippen LogP contribution in [0.15, 0.2) is 6.08 Å². The molecule has 0 aliphatic heterocycles. The van der Waals surface area contributed by atoms with Crippen LogP contribution in [0.5, 0.6) is 0 Å². The normalized spacial score (nSPS) is 17.3. The van der Waals surface area contributed by atoms with Gasteiger partial charge >= 0.3 is 0 Å². The van der Waals surface area contributed by atoms with Gasteiger partial charge in [-0.25, -0.2) is 0 Å². The molecule has 0 amide bonds. The van der Waals surface area contributed by atoms with Crippen LogP contribution in [-0.2, 0) is 21.7 Å². The Morgan fingerprint density at radius 1 is 1.50 bits per heavy atom. The largest absolute Gasteiger partial charge is 0.501 e. The van der Waals surface area contributed by atoms with Crippen LogP contribution >= 0.6 is 0 Å². The quantitative estimate of drug-likeness (QED) is 0.331. The standard InChI is InChI=1S/C5H7.Ti/c1-2-4-5-3-1;/h1H,2,4-5H2;/q-1;. The summed E-state index contributed by atoms with van der Waals surface area (Å²) in [5.41, 5.74) is 0. The molecule has 0 heterocycles. The number of hydrogen-bond acceptors (Lipinski definition) is 0. The van der Waals surface area contributed by atoms with E-state index in [1.54, 1.807) is 0 Å². The Hall–Kier alpha value is 0.454. The monoisotopic (exact) mass is 115 g/mol. The van der Waals surface area contributed by atoms with Gasteiger partial charge in [-0.1, -0.05) is 12.8 Å². The Morgan fingerprint density at radius 3 is 2.50 bits per heavy atom. The van der Waals surface area contributed by atoms with Gasteiger partial charge in [0.1, 0.15) is 0 Å². The molecular formula is C5H7Ti-. The van der Waals surface area contributed by atoms with E-state index < -0.39 is 0 Å². The van der Waals surface area contributed by atoms with Gasteiger partial charge in [-0.3, -0.25) is 6.08 Å². The van der Waals surface area contributed by atoms with Crippen molar-refractivity contribution in [3.8, 4) is 0 Å². The molecule has 0 bridgehead atoms. The molecule has 1 rings (SSSR count). The van der Waals surface area contributed by atoms with E-state index in [1.807, 2.05) is 0 Å². The molecule has 0 saturated heterocycles. The number of allylic oxidation sites excluding steroid dienone is 2. The Bertz CT molecular complexity index is 41.9. The minimum absolute atomic E-state index is 0. The van der Waals surface area contributed by atoms with Crippen LogP contribution in [0.25, 0.3) is 0 Å². The number of hydrogen-bond donors (Lipinski definition) is 0. The maximum Gasteiger partial charge on any atom is 0 e. The van der Waals surface area contributed by atoms with Crippen molar-refractivity contribution in [3.05, 3.63) is 12.2 Å².